The number of hydrogen-bond donors (Lipinski definition) is 1. The highest BCUT2D eigenvalue weighted by atomic mass is 35.5. The number of hydrogen-bond acceptors (Lipinski definition) is 1. The van der Waals surface area contributed by atoms with Crippen LogP contribution in [0.15, 0.2) is 30.3 Å². The molecule has 0 aliphatic carbocycles. The molecule has 15 heavy (non-hydrogen) atoms. The van der Waals surface area contributed by atoms with Crippen molar-refractivity contribution in [1.29, 1.82) is 0 Å². The minimum Gasteiger partial charge on any atom is -0.315 e. The molecule has 1 aromatic rings. The quantitative estimate of drug-likeness (QED) is 0.576. The van der Waals surface area contributed by atoms with Crippen LogP contribution in [0, 0.1) is 5.92 Å². The molecule has 1 rings (SSSR count). The second-order valence-electron chi connectivity index (χ2n) is 4.26. The van der Waals surface area contributed by atoms with E-state index in [9.17, 15) is 0 Å². The molecule has 0 heterocycles. The SMILES string of the molecule is CC(C)CCNCC(Cl)c1ccccc1. The van der Waals surface area contributed by atoms with Gasteiger partial charge in [-0.2, -0.15) is 0 Å². The summed E-state index contributed by atoms with van der Waals surface area (Å²) in [5, 5.41) is 3.46. The fourth-order valence-electron chi connectivity index (χ4n) is 1.40. The minimum atomic E-state index is 0.0818. The van der Waals surface area contributed by atoms with E-state index in [0.717, 1.165) is 19.0 Å². The Morgan fingerprint density at radius 3 is 2.47 bits per heavy atom. The highest BCUT2D eigenvalue weighted by Gasteiger charge is 2.05. The van der Waals surface area contributed by atoms with Gasteiger partial charge in [0.05, 0.1) is 5.38 Å². The molecule has 0 aliphatic heterocycles. The van der Waals surface area contributed by atoms with Gasteiger partial charge >= 0.3 is 0 Å². The molecule has 0 bridgehead atoms. The Kier molecular flexibility index (Phi) is 5.74. The summed E-state index contributed by atoms with van der Waals surface area (Å²) < 4.78 is 0. The van der Waals surface area contributed by atoms with Crippen molar-refractivity contribution in [3.63, 3.8) is 0 Å². The summed E-state index contributed by atoms with van der Waals surface area (Å²) in [7, 11) is 0. The highest BCUT2D eigenvalue weighted by molar-refractivity contribution is 6.21. The lowest BCUT2D eigenvalue weighted by Crippen LogP contribution is -2.21. The fraction of sp³-hybridized carbons (Fsp3) is 0.538. The molecule has 0 aromatic heterocycles. The maximum atomic E-state index is 6.26. The van der Waals surface area contributed by atoms with Crippen LogP contribution in [0.1, 0.15) is 31.2 Å². The standard InChI is InChI=1S/C13H20ClN/c1-11(2)8-9-15-10-13(14)12-6-4-3-5-7-12/h3-7,11,13,15H,8-10H2,1-2H3. The van der Waals surface area contributed by atoms with Crippen LogP contribution in [-0.4, -0.2) is 13.1 Å². The van der Waals surface area contributed by atoms with Gasteiger partial charge in [0.15, 0.2) is 0 Å². The van der Waals surface area contributed by atoms with Gasteiger partial charge in [0.25, 0.3) is 0 Å². The monoisotopic (exact) mass is 225 g/mol. The first-order valence-electron chi connectivity index (χ1n) is 5.60. The van der Waals surface area contributed by atoms with E-state index >= 15 is 0 Å². The van der Waals surface area contributed by atoms with E-state index in [4.69, 9.17) is 11.6 Å². The average Bonchev–Trinajstić information content (AvgIpc) is 2.25. The van der Waals surface area contributed by atoms with E-state index in [2.05, 4.69) is 31.3 Å². The van der Waals surface area contributed by atoms with Gasteiger partial charge in [-0.25, -0.2) is 0 Å². The van der Waals surface area contributed by atoms with Crippen molar-refractivity contribution in [2.75, 3.05) is 13.1 Å². The molecule has 1 atom stereocenters. The van der Waals surface area contributed by atoms with E-state index in [1.54, 1.807) is 0 Å². The normalized spacial score (nSPS) is 13.1. The molecule has 0 saturated carbocycles. The molecular formula is C13H20ClN. The molecule has 84 valence electrons. The largest absolute Gasteiger partial charge is 0.315 e. The molecular weight excluding hydrogens is 206 g/mol. The molecule has 2 heteroatoms. The second kappa shape index (κ2) is 6.86. The molecule has 0 amide bonds. The third-order valence-electron chi connectivity index (χ3n) is 2.38. The summed E-state index contributed by atoms with van der Waals surface area (Å²) in [5.74, 6) is 0.753. The van der Waals surface area contributed by atoms with E-state index in [1.165, 1.54) is 12.0 Å². The summed E-state index contributed by atoms with van der Waals surface area (Å²) in [6.07, 6.45) is 1.21. The molecule has 1 unspecified atom stereocenters. The van der Waals surface area contributed by atoms with E-state index < -0.39 is 0 Å². The van der Waals surface area contributed by atoms with Crippen molar-refractivity contribution >= 4 is 11.6 Å². The highest BCUT2D eigenvalue weighted by Crippen LogP contribution is 2.18. The van der Waals surface area contributed by atoms with Crippen LogP contribution < -0.4 is 5.32 Å². The molecule has 1 N–H and O–H groups in total. The van der Waals surface area contributed by atoms with Crippen molar-refractivity contribution < 1.29 is 0 Å². The molecule has 0 saturated heterocycles. The molecule has 0 spiro atoms. The van der Waals surface area contributed by atoms with Gasteiger partial charge in [0.2, 0.25) is 0 Å². The van der Waals surface area contributed by atoms with Crippen molar-refractivity contribution in [3.8, 4) is 0 Å². The molecule has 0 aliphatic rings. The third-order valence-corrected chi connectivity index (χ3v) is 2.79. The zero-order chi connectivity index (χ0) is 11.1. The lowest BCUT2D eigenvalue weighted by atomic mass is 10.1. The number of nitrogens with one attached hydrogen (secondary N) is 1. The lowest BCUT2D eigenvalue weighted by molar-refractivity contribution is 0.536. The minimum absolute atomic E-state index is 0.0818. The summed E-state index contributed by atoms with van der Waals surface area (Å²) in [4.78, 5) is 0. The van der Waals surface area contributed by atoms with Gasteiger partial charge < -0.3 is 5.32 Å². The van der Waals surface area contributed by atoms with Crippen LogP contribution in [0.3, 0.4) is 0 Å². The first-order valence-corrected chi connectivity index (χ1v) is 6.03. The number of alkyl halides is 1. The first-order chi connectivity index (χ1) is 7.20. The number of halogens is 1. The molecule has 0 radical (unpaired) electrons. The van der Waals surface area contributed by atoms with Gasteiger partial charge in [-0.1, -0.05) is 44.2 Å². The zero-order valence-corrected chi connectivity index (χ0v) is 10.3. The predicted molar refractivity (Wildman–Crippen MR) is 67.4 cm³/mol. The van der Waals surface area contributed by atoms with Gasteiger partial charge in [-0.15, -0.1) is 11.6 Å². The summed E-state index contributed by atoms with van der Waals surface area (Å²) >= 11 is 6.26. The van der Waals surface area contributed by atoms with Crippen molar-refractivity contribution in [2.24, 2.45) is 5.92 Å². The first kappa shape index (κ1) is 12.5. The topological polar surface area (TPSA) is 12.0 Å². The number of rotatable bonds is 6. The van der Waals surface area contributed by atoms with Crippen molar-refractivity contribution in [1.82, 2.24) is 5.32 Å². The zero-order valence-electron chi connectivity index (χ0n) is 9.54. The van der Waals surface area contributed by atoms with Crippen LogP contribution in [0.4, 0.5) is 0 Å². The summed E-state index contributed by atoms with van der Waals surface area (Å²) in [6.45, 7) is 6.36. The molecule has 0 fully saturated rings. The van der Waals surface area contributed by atoms with Crippen molar-refractivity contribution in [3.05, 3.63) is 35.9 Å². The van der Waals surface area contributed by atoms with Crippen LogP contribution in [0.2, 0.25) is 0 Å². The Morgan fingerprint density at radius 1 is 1.20 bits per heavy atom. The Balaban J connectivity index is 2.22. The second-order valence-corrected chi connectivity index (χ2v) is 4.79. The fourth-order valence-corrected chi connectivity index (χ4v) is 1.65. The molecule has 1 aromatic carbocycles. The van der Waals surface area contributed by atoms with Crippen molar-refractivity contribution in [2.45, 2.75) is 25.6 Å². The van der Waals surface area contributed by atoms with E-state index in [-0.39, 0.29) is 5.38 Å². The van der Waals surface area contributed by atoms with Crippen LogP contribution in [0.25, 0.3) is 0 Å². The maximum absolute atomic E-state index is 6.26. The van der Waals surface area contributed by atoms with E-state index in [0.29, 0.717) is 0 Å². The van der Waals surface area contributed by atoms with E-state index in [1.807, 2.05) is 18.2 Å². The van der Waals surface area contributed by atoms with Gasteiger partial charge in [-0.05, 0) is 24.4 Å². The molecule has 1 nitrogen and oxygen atoms in total. The Morgan fingerprint density at radius 2 is 1.87 bits per heavy atom. The summed E-state index contributed by atoms with van der Waals surface area (Å²) in [5.41, 5.74) is 1.19. The maximum Gasteiger partial charge on any atom is 0.0709 e. The Bertz CT molecular complexity index is 258. The van der Waals surface area contributed by atoms with Gasteiger partial charge in [0, 0.05) is 6.54 Å². The smallest absolute Gasteiger partial charge is 0.0709 e. The Labute approximate surface area is 97.8 Å². The van der Waals surface area contributed by atoms with Gasteiger partial charge in [-0.3, -0.25) is 0 Å². The average molecular weight is 226 g/mol. The number of benzene rings is 1. The van der Waals surface area contributed by atoms with Crippen LogP contribution in [-0.2, 0) is 0 Å². The predicted octanol–water partition coefficient (Wildman–Crippen LogP) is 3.60. The van der Waals surface area contributed by atoms with Crippen LogP contribution in [0.5, 0.6) is 0 Å². The van der Waals surface area contributed by atoms with Gasteiger partial charge in [0.1, 0.15) is 0 Å². The van der Waals surface area contributed by atoms with Crippen LogP contribution >= 0.6 is 11.6 Å². The summed E-state index contributed by atoms with van der Waals surface area (Å²) in [6, 6.07) is 10.2. The lowest BCUT2D eigenvalue weighted by Gasteiger charge is -2.11. The Hall–Kier alpha value is -0.530. The third kappa shape index (κ3) is 5.19.